The van der Waals surface area contributed by atoms with Crippen LogP contribution >= 0.6 is 0 Å². The Bertz CT molecular complexity index is 99.5. The SMILES string of the molecule is CC.CC.CCC(C)(CCNC)C(C)C. The molecule has 0 heterocycles. The van der Waals surface area contributed by atoms with E-state index in [0.29, 0.717) is 5.41 Å². The van der Waals surface area contributed by atoms with Gasteiger partial charge in [-0.25, -0.2) is 0 Å². The molecule has 0 aliphatic carbocycles. The standard InChI is InChI=1S/C10H23N.2C2H6/c1-6-10(4,9(2)3)7-8-11-5;2*1-2/h9,11H,6-8H2,1-5H3;2*1-2H3. The van der Waals surface area contributed by atoms with Gasteiger partial charge in [-0.3, -0.25) is 0 Å². The highest BCUT2D eigenvalue weighted by atomic mass is 14.8. The second-order valence-corrected chi connectivity index (χ2v) is 4.02. The molecule has 0 aromatic heterocycles. The Morgan fingerprint density at radius 1 is 1.07 bits per heavy atom. The predicted molar refractivity (Wildman–Crippen MR) is 74.5 cm³/mol. The lowest BCUT2D eigenvalue weighted by Crippen LogP contribution is -2.27. The van der Waals surface area contributed by atoms with Crippen LogP contribution in [0.4, 0.5) is 0 Å². The Morgan fingerprint density at radius 3 is 1.67 bits per heavy atom. The summed E-state index contributed by atoms with van der Waals surface area (Å²) in [5, 5.41) is 3.21. The van der Waals surface area contributed by atoms with Gasteiger partial charge in [-0.15, -0.1) is 0 Å². The van der Waals surface area contributed by atoms with E-state index >= 15 is 0 Å². The lowest BCUT2D eigenvalue weighted by atomic mass is 9.74. The van der Waals surface area contributed by atoms with Crippen molar-refractivity contribution in [3.8, 4) is 0 Å². The van der Waals surface area contributed by atoms with Gasteiger partial charge in [0.1, 0.15) is 0 Å². The van der Waals surface area contributed by atoms with Crippen molar-refractivity contribution in [1.82, 2.24) is 5.32 Å². The van der Waals surface area contributed by atoms with Crippen molar-refractivity contribution in [2.24, 2.45) is 11.3 Å². The molecule has 0 aliphatic heterocycles. The van der Waals surface area contributed by atoms with Crippen molar-refractivity contribution in [1.29, 1.82) is 0 Å². The molecular formula is C14H35N. The highest BCUT2D eigenvalue weighted by molar-refractivity contribution is 4.76. The van der Waals surface area contributed by atoms with Gasteiger partial charge in [-0.2, -0.15) is 0 Å². The normalized spacial score (nSPS) is 13.2. The molecule has 0 rings (SSSR count). The van der Waals surface area contributed by atoms with Crippen molar-refractivity contribution in [3.63, 3.8) is 0 Å². The third-order valence-corrected chi connectivity index (χ3v) is 3.15. The quantitative estimate of drug-likeness (QED) is 0.702. The molecule has 0 radical (unpaired) electrons. The van der Waals surface area contributed by atoms with Crippen molar-refractivity contribution >= 4 is 0 Å². The Morgan fingerprint density at radius 2 is 1.47 bits per heavy atom. The molecular weight excluding hydrogens is 182 g/mol. The summed E-state index contributed by atoms with van der Waals surface area (Å²) in [5.41, 5.74) is 0.531. The van der Waals surface area contributed by atoms with E-state index in [-0.39, 0.29) is 0 Å². The summed E-state index contributed by atoms with van der Waals surface area (Å²) in [5.74, 6) is 0.792. The van der Waals surface area contributed by atoms with Crippen LogP contribution in [-0.2, 0) is 0 Å². The van der Waals surface area contributed by atoms with Crippen LogP contribution in [0.2, 0.25) is 0 Å². The summed E-state index contributed by atoms with van der Waals surface area (Å²) in [6.07, 6.45) is 2.57. The highest BCUT2D eigenvalue weighted by Crippen LogP contribution is 2.33. The fourth-order valence-electron chi connectivity index (χ4n) is 1.28. The average molecular weight is 217 g/mol. The molecule has 1 nitrogen and oxygen atoms in total. The zero-order chi connectivity index (χ0) is 12.9. The maximum atomic E-state index is 3.21. The molecule has 0 bridgehead atoms. The van der Waals surface area contributed by atoms with E-state index in [4.69, 9.17) is 0 Å². The molecule has 0 fully saturated rings. The second kappa shape index (κ2) is 14.0. The molecule has 0 spiro atoms. The first-order valence-electron chi connectivity index (χ1n) is 6.71. The average Bonchev–Trinajstić information content (AvgIpc) is 2.31. The van der Waals surface area contributed by atoms with Gasteiger partial charge in [0.05, 0.1) is 0 Å². The van der Waals surface area contributed by atoms with Crippen LogP contribution in [0.5, 0.6) is 0 Å². The first kappa shape index (κ1) is 20.4. The van der Waals surface area contributed by atoms with Gasteiger partial charge in [0, 0.05) is 0 Å². The Balaban J connectivity index is -0.000000318. The minimum atomic E-state index is 0.531. The lowest BCUT2D eigenvalue weighted by Gasteiger charge is -2.32. The van der Waals surface area contributed by atoms with Gasteiger partial charge in [0.25, 0.3) is 0 Å². The van der Waals surface area contributed by atoms with Crippen LogP contribution in [0.25, 0.3) is 0 Å². The summed E-state index contributed by atoms with van der Waals surface area (Å²) in [7, 11) is 2.02. The molecule has 0 aromatic carbocycles. The minimum absolute atomic E-state index is 0.531. The summed E-state index contributed by atoms with van der Waals surface area (Å²) in [4.78, 5) is 0. The van der Waals surface area contributed by atoms with Crippen LogP contribution in [0.3, 0.4) is 0 Å². The van der Waals surface area contributed by atoms with E-state index in [1.165, 1.54) is 12.8 Å². The Labute approximate surface area is 99.0 Å². The number of rotatable bonds is 5. The molecule has 0 aliphatic rings. The Hall–Kier alpha value is -0.0400. The highest BCUT2D eigenvalue weighted by Gasteiger charge is 2.24. The molecule has 0 saturated heterocycles. The van der Waals surface area contributed by atoms with Gasteiger partial charge in [0.2, 0.25) is 0 Å². The number of hydrogen-bond acceptors (Lipinski definition) is 1. The first-order valence-corrected chi connectivity index (χ1v) is 6.71. The molecule has 1 atom stereocenters. The van der Waals surface area contributed by atoms with E-state index in [0.717, 1.165) is 12.5 Å². The largest absolute Gasteiger partial charge is 0.320 e. The fourth-order valence-corrected chi connectivity index (χ4v) is 1.28. The molecule has 0 saturated carbocycles. The van der Waals surface area contributed by atoms with Crippen molar-refractivity contribution < 1.29 is 0 Å². The zero-order valence-electron chi connectivity index (χ0n) is 12.7. The van der Waals surface area contributed by atoms with E-state index in [9.17, 15) is 0 Å². The van der Waals surface area contributed by atoms with Crippen LogP contribution in [0.15, 0.2) is 0 Å². The van der Waals surface area contributed by atoms with Crippen molar-refractivity contribution in [3.05, 3.63) is 0 Å². The lowest BCUT2D eigenvalue weighted by molar-refractivity contribution is 0.190. The maximum Gasteiger partial charge on any atom is -0.00466 e. The fraction of sp³-hybridized carbons (Fsp3) is 1.00. The summed E-state index contributed by atoms with van der Waals surface area (Å²) >= 11 is 0. The summed E-state index contributed by atoms with van der Waals surface area (Å²) in [6.45, 7) is 18.4. The van der Waals surface area contributed by atoms with Crippen LogP contribution < -0.4 is 5.32 Å². The minimum Gasteiger partial charge on any atom is -0.320 e. The topological polar surface area (TPSA) is 12.0 Å². The molecule has 0 aromatic rings. The van der Waals surface area contributed by atoms with E-state index in [1.807, 2.05) is 34.7 Å². The van der Waals surface area contributed by atoms with Gasteiger partial charge in [-0.1, -0.05) is 61.8 Å². The molecule has 96 valence electrons. The van der Waals surface area contributed by atoms with Gasteiger partial charge >= 0.3 is 0 Å². The number of hydrogen-bond donors (Lipinski definition) is 1. The number of nitrogens with one attached hydrogen (secondary N) is 1. The smallest absolute Gasteiger partial charge is 0.00466 e. The van der Waals surface area contributed by atoms with Gasteiger partial charge < -0.3 is 5.32 Å². The molecule has 15 heavy (non-hydrogen) atoms. The van der Waals surface area contributed by atoms with Gasteiger partial charge in [-0.05, 0) is 31.3 Å². The van der Waals surface area contributed by atoms with Gasteiger partial charge in [0.15, 0.2) is 0 Å². The van der Waals surface area contributed by atoms with Crippen molar-refractivity contribution in [2.45, 2.75) is 68.2 Å². The van der Waals surface area contributed by atoms with E-state index < -0.39 is 0 Å². The maximum absolute atomic E-state index is 3.21. The first-order chi connectivity index (χ1) is 7.06. The second-order valence-electron chi connectivity index (χ2n) is 4.02. The van der Waals surface area contributed by atoms with E-state index in [1.54, 1.807) is 0 Å². The third kappa shape index (κ3) is 10.2. The van der Waals surface area contributed by atoms with Crippen LogP contribution in [-0.4, -0.2) is 13.6 Å². The Kier molecular flexibility index (Phi) is 19.0. The zero-order valence-corrected chi connectivity index (χ0v) is 12.7. The predicted octanol–water partition coefficient (Wildman–Crippen LogP) is 4.72. The van der Waals surface area contributed by atoms with E-state index in [2.05, 4.69) is 33.0 Å². The van der Waals surface area contributed by atoms with Crippen LogP contribution in [0.1, 0.15) is 68.2 Å². The third-order valence-electron chi connectivity index (χ3n) is 3.15. The molecule has 1 N–H and O–H groups in total. The monoisotopic (exact) mass is 217 g/mol. The summed E-state index contributed by atoms with van der Waals surface area (Å²) in [6, 6.07) is 0. The molecule has 1 heteroatoms. The molecule has 0 amide bonds. The molecule has 1 unspecified atom stereocenters. The van der Waals surface area contributed by atoms with Crippen LogP contribution in [0, 0.1) is 11.3 Å². The summed E-state index contributed by atoms with van der Waals surface area (Å²) < 4.78 is 0. The van der Waals surface area contributed by atoms with Crippen molar-refractivity contribution in [2.75, 3.05) is 13.6 Å².